The number of hydrogen-bond donors (Lipinski definition) is 0. The van der Waals surface area contributed by atoms with Crippen molar-refractivity contribution in [3.63, 3.8) is 0 Å². The van der Waals surface area contributed by atoms with Gasteiger partial charge < -0.3 is 4.74 Å². The molecule has 100 valence electrons. The van der Waals surface area contributed by atoms with E-state index in [4.69, 9.17) is 16.3 Å². The minimum Gasteiger partial charge on any atom is -0.378 e. The van der Waals surface area contributed by atoms with E-state index in [1.165, 1.54) is 24.8 Å². The number of halogens is 1. The van der Waals surface area contributed by atoms with Crippen LogP contribution < -0.4 is 0 Å². The van der Waals surface area contributed by atoms with Gasteiger partial charge in [0.1, 0.15) is 0 Å². The number of aromatic nitrogens is 1. The van der Waals surface area contributed by atoms with Crippen LogP contribution in [-0.4, -0.2) is 23.1 Å². The predicted molar refractivity (Wildman–Crippen MR) is 75.1 cm³/mol. The number of rotatable bonds is 5. The van der Waals surface area contributed by atoms with Crippen LogP contribution in [0.3, 0.4) is 0 Å². The zero-order chi connectivity index (χ0) is 12.8. The van der Waals surface area contributed by atoms with Crippen LogP contribution in [0.25, 0.3) is 0 Å². The van der Waals surface area contributed by atoms with Gasteiger partial charge in [0.2, 0.25) is 0 Å². The molecule has 0 aromatic carbocycles. The zero-order valence-electron chi connectivity index (χ0n) is 11.1. The Morgan fingerprint density at radius 1 is 1.50 bits per heavy atom. The van der Waals surface area contributed by atoms with Crippen LogP contribution in [0.2, 0.25) is 0 Å². The first-order valence-electron chi connectivity index (χ1n) is 6.92. The van der Waals surface area contributed by atoms with E-state index in [1.807, 2.05) is 12.3 Å². The largest absolute Gasteiger partial charge is 0.378 e. The minimum absolute atomic E-state index is 0.170. The van der Waals surface area contributed by atoms with Gasteiger partial charge in [0.05, 0.1) is 6.10 Å². The molecule has 2 nitrogen and oxygen atoms in total. The molecule has 0 spiro atoms. The Morgan fingerprint density at radius 3 is 3.11 bits per heavy atom. The molecule has 1 aliphatic heterocycles. The first kappa shape index (κ1) is 13.8. The van der Waals surface area contributed by atoms with Crippen molar-refractivity contribution in [2.75, 3.05) is 6.61 Å². The summed E-state index contributed by atoms with van der Waals surface area (Å²) in [7, 11) is 0. The summed E-state index contributed by atoms with van der Waals surface area (Å²) in [5.74, 6) is 0. The topological polar surface area (TPSA) is 22.1 Å². The van der Waals surface area contributed by atoms with Crippen LogP contribution >= 0.6 is 11.6 Å². The molecular formula is C15H22ClNO. The number of aryl methyl sites for hydroxylation is 1. The van der Waals surface area contributed by atoms with Crippen molar-refractivity contribution in [1.29, 1.82) is 0 Å². The summed E-state index contributed by atoms with van der Waals surface area (Å²) in [6.07, 6.45) is 8.96. The van der Waals surface area contributed by atoms with Gasteiger partial charge in [-0.05, 0) is 50.7 Å². The number of pyridine rings is 1. The van der Waals surface area contributed by atoms with Crippen LogP contribution in [0.15, 0.2) is 18.3 Å². The third kappa shape index (κ3) is 4.25. The fraction of sp³-hybridized carbons (Fsp3) is 0.667. The number of hydrogen-bond acceptors (Lipinski definition) is 2. The number of alkyl halides is 1. The highest BCUT2D eigenvalue weighted by Crippen LogP contribution is 2.21. The second kappa shape index (κ2) is 7.10. The Hall–Kier alpha value is -0.600. The third-order valence-corrected chi connectivity index (χ3v) is 3.98. The summed E-state index contributed by atoms with van der Waals surface area (Å²) in [6, 6.07) is 4.06. The van der Waals surface area contributed by atoms with E-state index in [-0.39, 0.29) is 5.38 Å². The highest BCUT2D eigenvalue weighted by Gasteiger charge is 2.16. The fourth-order valence-electron chi connectivity index (χ4n) is 2.45. The first-order valence-corrected chi connectivity index (χ1v) is 7.35. The molecule has 2 heterocycles. The normalized spacial score (nSPS) is 21.8. The van der Waals surface area contributed by atoms with Crippen molar-refractivity contribution in [2.45, 2.75) is 56.9 Å². The third-order valence-electron chi connectivity index (χ3n) is 3.61. The predicted octanol–water partition coefficient (Wildman–Crippen LogP) is 3.89. The lowest BCUT2D eigenvalue weighted by Crippen LogP contribution is -2.20. The summed E-state index contributed by atoms with van der Waals surface area (Å²) >= 11 is 6.41. The van der Waals surface area contributed by atoms with Crippen molar-refractivity contribution >= 4 is 11.6 Å². The lowest BCUT2D eigenvalue weighted by molar-refractivity contribution is 0.0100. The highest BCUT2D eigenvalue weighted by atomic mass is 35.5. The molecule has 0 radical (unpaired) electrons. The molecular weight excluding hydrogens is 246 g/mol. The van der Waals surface area contributed by atoms with E-state index in [0.717, 1.165) is 31.6 Å². The van der Waals surface area contributed by atoms with Crippen LogP contribution in [0.1, 0.15) is 43.4 Å². The molecule has 18 heavy (non-hydrogen) atoms. The van der Waals surface area contributed by atoms with Crippen molar-refractivity contribution in [1.82, 2.24) is 4.98 Å². The van der Waals surface area contributed by atoms with Gasteiger partial charge in [0.15, 0.2) is 0 Å². The monoisotopic (exact) mass is 267 g/mol. The number of ether oxygens (including phenoxy) is 1. The van der Waals surface area contributed by atoms with Gasteiger partial charge in [-0.1, -0.05) is 6.07 Å². The summed E-state index contributed by atoms with van der Waals surface area (Å²) in [6.45, 7) is 3.02. The second-order valence-corrected chi connectivity index (χ2v) is 5.75. The van der Waals surface area contributed by atoms with Crippen LogP contribution in [0, 0.1) is 6.92 Å². The Bertz CT molecular complexity index is 363. The van der Waals surface area contributed by atoms with E-state index in [2.05, 4.69) is 18.0 Å². The smallest absolute Gasteiger partial charge is 0.0575 e. The maximum absolute atomic E-state index is 6.41. The van der Waals surface area contributed by atoms with Crippen molar-refractivity contribution in [3.05, 3.63) is 29.6 Å². The SMILES string of the molecule is Cc1cccnc1CC(Cl)CCC1CCCCO1. The molecule has 2 atom stereocenters. The van der Waals surface area contributed by atoms with Gasteiger partial charge in [-0.3, -0.25) is 4.98 Å². The lowest BCUT2D eigenvalue weighted by atomic mass is 10.0. The molecule has 1 fully saturated rings. The molecule has 1 saturated heterocycles. The van der Waals surface area contributed by atoms with E-state index in [1.54, 1.807) is 0 Å². The highest BCUT2D eigenvalue weighted by molar-refractivity contribution is 6.20. The molecule has 2 unspecified atom stereocenters. The lowest BCUT2D eigenvalue weighted by Gasteiger charge is -2.23. The molecule has 0 saturated carbocycles. The molecule has 3 heteroatoms. The van der Waals surface area contributed by atoms with E-state index >= 15 is 0 Å². The molecule has 0 aliphatic carbocycles. The second-order valence-electron chi connectivity index (χ2n) is 5.13. The van der Waals surface area contributed by atoms with Crippen LogP contribution in [0.5, 0.6) is 0 Å². The zero-order valence-corrected chi connectivity index (χ0v) is 11.8. The maximum atomic E-state index is 6.41. The Labute approximate surface area is 115 Å². The fourth-order valence-corrected chi connectivity index (χ4v) is 2.72. The van der Waals surface area contributed by atoms with Crippen molar-refractivity contribution in [2.24, 2.45) is 0 Å². The van der Waals surface area contributed by atoms with Crippen LogP contribution in [-0.2, 0) is 11.2 Å². The van der Waals surface area contributed by atoms with Gasteiger partial charge in [-0.25, -0.2) is 0 Å². The van der Waals surface area contributed by atoms with Crippen molar-refractivity contribution in [3.8, 4) is 0 Å². The Balaban J connectivity index is 1.74. The Kier molecular flexibility index (Phi) is 5.45. The molecule has 0 N–H and O–H groups in total. The molecule has 1 aliphatic rings. The summed E-state index contributed by atoms with van der Waals surface area (Å²) in [5.41, 5.74) is 2.36. The summed E-state index contributed by atoms with van der Waals surface area (Å²) < 4.78 is 5.73. The maximum Gasteiger partial charge on any atom is 0.0575 e. The van der Waals surface area contributed by atoms with Gasteiger partial charge in [-0.2, -0.15) is 0 Å². The average molecular weight is 268 g/mol. The molecule has 1 aromatic heterocycles. The van der Waals surface area contributed by atoms with Crippen molar-refractivity contribution < 1.29 is 4.74 Å². The first-order chi connectivity index (χ1) is 8.75. The summed E-state index contributed by atoms with van der Waals surface area (Å²) in [4.78, 5) is 4.40. The number of nitrogens with zero attached hydrogens (tertiary/aromatic N) is 1. The molecule has 0 bridgehead atoms. The van der Waals surface area contributed by atoms with Gasteiger partial charge in [0.25, 0.3) is 0 Å². The molecule has 0 amide bonds. The minimum atomic E-state index is 0.170. The molecule has 2 rings (SSSR count). The summed E-state index contributed by atoms with van der Waals surface area (Å²) in [5, 5.41) is 0.170. The van der Waals surface area contributed by atoms with E-state index in [9.17, 15) is 0 Å². The van der Waals surface area contributed by atoms with Crippen LogP contribution in [0.4, 0.5) is 0 Å². The quantitative estimate of drug-likeness (QED) is 0.755. The van der Waals surface area contributed by atoms with Gasteiger partial charge in [-0.15, -0.1) is 11.6 Å². The Morgan fingerprint density at radius 2 is 2.39 bits per heavy atom. The average Bonchev–Trinajstić information content (AvgIpc) is 2.40. The molecule has 1 aromatic rings. The van der Waals surface area contributed by atoms with Gasteiger partial charge in [0, 0.05) is 30.3 Å². The van der Waals surface area contributed by atoms with E-state index in [0.29, 0.717) is 6.10 Å². The standard InChI is InChI=1S/C15H22ClNO/c1-12-5-4-9-17-15(12)11-13(16)7-8-14-6-2-3-10-18-14/h4-5,9,13-14H,2-3,6-8,10-11H2,1H3. The van der Waals surface area contributed by atoms with E-state index < -0.39 is 0 Å². The van der Waals surface area contributed by atoms with Gasteiger partial charge >= 0.3 is 0 Å².